The Labute approximate surface area is 155 Å². The minimum atomic E-state index is -4.10. The van der Waals surface area contributed by atoms with E-state index in [1.54, 1.807) is 0 Å². The monoisotopic (exact) mass is 398 g/mol. The summed E-state index contributed by atoms with van der Waals surface area (Å²) >= 11 is 0. The molecular weight excluding hydrogens is 378 g/mol. The Morgan fingerprint density at radius 1 is 1.22 bits per heavy atom. The lowest BCUT2D eigenvalue weighted by atomic mass is 9.77. The number of sulfonamides is 1. The number of nitrogens with two attached hydrogens (primary N) is 1. The minimum absolute atomic E-state index is 0.0845. The van der Waals surface area contributed by atoms with Crippen LogP contribution in [0, 0.1) is 11.6 Å². The Kier molecular flexibility index (Phi) is 4.52. The lowest BCUT2D eigenvalue weighted by Gasteiger charge is -2.34. The van der Waals surface area contributed by atoms with E-state index in [1.807, 2.05) is 0 Å². The van der Waals surface area contributed by atoms with E-state index < -0.39 is 32.1 Å². The normalized spacial score (nSPS) is 21.1. The van der Waals surface area contributed by atoms with Crippen molar-refractivity contribution in [3.05, 3.63) is 41.5 Å². The first-order valence-electron chi connectivity index (χ1n) is 8.88. The Morgan fingerprint density at radius 3 is 2.56 bits per heavy atom. The zero-order valence-corrected chi connectivity index (χ0v) is 15.4. The standard InChI is InChI=1S/C17H20F2N4O3S/c18-12-2-3-13(19)14(10-12)27(24,25)23-8-4-11(5-9-23)15-21-16(22-26-15)17(20)6-1-7-17/h2-3,10-11H,1,4-9,20H2. The van der Waals surface area contributed by atoms with Crippen molar-refractivity contribution in [1.82, 2.24) is 14.4 Å². The Morgan fingerprint density at radius 2 is 1.93 bits per heavy atom. The quantitative estimate of drug-likeness (QED) is 0.848. The summed E-state index contributed by atoms with van der Waals surface area (Å²) in [7, 11) is -4.10. The molecule has 0 radical (unpaired) electrons. The summed E-state index contributed by atoms with van der Waals surface area (Å²) < 4.78 is 59.1. The zero-order valence-electron chi connectivity index (χ0n) is 14.6. The maximum Gasteiger partial charge on any atom is 0.246 e. The van der Waals surface area contributed by atoms with Gasteiger partial charge in [0.15, 0.2) is 5.82 Å². The molecule has 0 spiro atoms. The predicted octanol–water partition coefficient (Wildman–Crippen LogP) is 2.25. The second-order valence-corrected chi connectivity index (χ2v) is 9.13. The van der Waals surface area contributed by atoms with Crippen LogP contribution in [0.4, 0.5) is 8.78 Å². The molecule has 1 aromatic heterocycles. The number of nitrogens with zero attached hydrogens (tertiary/aromatic N) is 3. The number of halogens is 2. The van der Waals surface area contributed by atoms with Crippen molar-refractivity contribution >= 4 is 10.0 Å². The van der Waals surface area contributed by atoms with E-state index in [1.165, 1.54) is 0 Å². The van der Waals surface area contributed by atoms with Crippen molar-refractivity contribution < 1.29 is 21.7 Å². The van der Waals surface area contributed by atoms with Gasteiger partial charge in [-0.3, -0.25) is 0 Å². The number of benzene rings is 1. The molecule has 2 fully saturated rings. The summed E-state index contributed by atoms with van der Waals surface area (Å²) in [5.41, 5.74) is 5.69. The van der Waals surface area contributed by atoms with Crippen LogP contribution in [0.3, 0.4) is 0 Å². The third-order valence-corrected chi connectivity index (χ3v) is 7.36. The van der Waals surface area contributed by atoms with E-state index in [4.69, 9.17) is 10.3 Å². The second kappa shape index (κ2) is 6.61. The molecule has 2 N–H and O–H groups in total. The van der Waals surface area contributed by atoms with Crippen molar-refractivity contribution in [3.8, 4) is 0 Å². The van der Waals surface area contributed by atoms with Crippen LogP contribution in [-0.2, 0) is 15.6 Å². The van der Waals surface area contributed by atoms with Gasteiger partial charge in [0.05, 0.1) is 5.54 Å². The molecule has 2 aliphatic rings. The van der Waals surface area contributed by atoms with E-state index in [0.29, 0.717) is 30.6 Å². The van der Waals surface area contributed by atoms with Gasteiger partial charge in [0.2, 0.25) is 15.9 Å². The Hall–Kier alpha value is -1.91. The maximum absolute atomic E-state index is 13.9. The zero-order chi connectivity index (χ0) is 19.2. The summed E-state index contributed by atoms with van der Waals surface area (Å²) in [4.78, 5) is 3.78. The molecule has 1 aliphatic heterocycles. The lowest BCUT2D eigenvalue weighted by Crippen LogP contribution is -2.44. The smallest absolute Gasteiger partial charge is 0.246 e. The molecule has 2 aromatic rings. The molecule has 2 heterocycles. The SMILES string of the molecule is NC1(c2noc(C3CCN(S(=O)(=O)c4cc(F)ccc4F)CC3)n2)CCC1. The summed E-state index contributed by atoms with van der Waals surface area (Å²) in [5.74, 6) is -0.890. The van der Waals surface area contributed by atoms with Gasteiger partial charge >= 0.3 is 0 Å². The van der Waals surface area contributed by atoms with Gasteiger partial charge in [-0.2, -0.15) is 9.29 Å². The topological polar surface area (TPSA) is 102 Å². The molecule has 7 nitrogen and oxygen atoms in total. The summed E-state index contributed by atoms with van der Waals surface area (Å²) in [6, 6.07) is 2.42. The Bertz CT molecular complexity index is 951. The second-order valence-electron chi connectivity index (χ2n) is 7.22. The molecule has 0 atom stereocenters. The van der Waals surface area contributed by atoms with Gasteiger partial charge < -0.3 is 10.3 Å². The van der Waals surface area contributed by atoms with Gasteiger partial charge in [-0.05, 0) is 50.3 Å². The molecule has 1 aromatic carbocycles. The number of rotatable bonds is 4. The number of hydrogen-bond acceptors (Lipinski definition) is 6. The molecule has 1 aliphatic carbocycles. The molecule has 27 heavy (non-hydrogen) atoms. The highest BCUT2D eigenvalue weighted by atomic mass is 32.2. The fourth-order valence-corrected chi connectivity index (χ4v) is 5.09. The predicted molar refractivity (Wildman–Crippen MR) is 91.1 cm³/mol. The van der Waals surface area contributed by atoms with Crippen molar-refractivity contribution in [3.63, 3.8) is 0 Å². The first-order valence-corrected chi connectivity index (χ1v) is 10.3. The average Bonchev–Trinajstić information content (AvgIpc) is 3.12. The van der Waals surface area contributed by atoms with Crippen LogP contribution >= 0.6 is 0 Å². The lowest BCUT2D eigenvalue weighted by molar-refractivity contribution is 0.227. The molecule has 0 amide bonds. The highest BCUT2D eigenvalue weighted by Gasteiger charge is 2.40. The van der Waals surface area contributed by atoms with Crippen molar-refractivity contribution in [2.24, 2.45) is 5.73 Å². The van der Waals surface area contributed by atoms with Crippen molar-refractivity contribution in [2.45, 2.75) is 48.5 Å². The molecule has 0 bridgehead atoms. The van der Waals surface area contributed by atoms with Crippen LogP contribution < -0.4 is 5.73 Å². The molecule has 1 saturated carbocycles. The largest absolute Gasteiger partial charge is 0.339 e. The van der Waals surface area contributed by atoms with Crippen LogP contribution in [-0.4, -0.2) is 36.0 Å². The molecule has 1 saturated heterocycles. The molecule has 146 valence electrons. The fraction of sp³-hybridized carbons (Fsp3) is 0.529. The average molecular weight is 398 g/mol. The third-order valence-electron chi connectivity index (χ3n) is 5.45. The van der Waals surface area contributed by atoms with Crippen LogP contribution in [0.15, 0.2) is 27.6 Å². The first kappa shape index (κ1) is 18.5. The van der Waals surface area contributed by atoms with Crippen molar-refractivity contribution in [2.75, 3.05) is 13.1 Å². The highest BCUT2D eigenvalue weighted by Crippen LogP contribution is 2.38. The number of piperidine rings is 1. The van der Waals surface area contributed by atoms with Crippen LogP contribution in [0.2, 0.25) is 0 Å². The van der Waals surface area contributed by atoms with E-state index in [2.05, 4.69) is 10.1 Å². The molecule has 0 unspecified atom stereocenters. The van der Waals surface area contributed by atoms with E-state index in [0.717, 1.165) is 35.7 Å². The van der Waals surface area contributed by atoms with Gasteiger partial charge in [0, 0.05) is 19.0 Å². The van der Waals surface area contributed by atoms with E-state index >= 15 is 0 Å². The summed E-state index contributed by atoms with van der Waals surface area (Å²) in [6.45, 7) is 0.322. The molecular formula is C17H20F2N4O3S. The minimum Gasteiger partial charge on any atom is -0.339 e. The first-order chi connectivity index (χ1) is 12.8. The van der Waals surface area contributed by atoms with Gasteiger partial charge in [0.25, 0.3) is 0 Å². The number of aromatic nitrogens is 2. The van der Waals surface area contributed by atoms with Crippen LogP contribution in [0.25, 0.3) is 0 Å². The van der Waals surface area contributed by atoms with E-state index in [9.17, 15) is 17.2 Å². The Balaban J connectivity index is 1.46. The molecule has 4 rings (SSSR count). The molecule has 10 heteroatoms. The van der Waals surface area contributed by atoms with Gasteiger partial charge in [0.1, 0.15) is 16.5 Å². The van der Waals surface area contributed by atoms with Crippen molar-refractivity contribution in [1.29, 1.82) is 0 Å². The fourth-order valence-electron chi connectivity index (χ4n) is 3.54. The highest BCUT2D eigenvalue weighted by molar-refractivity contribution is 7.89. The maximum atomic E-state index is 13.9. The summed E-state index contributed by atoms with van der Waals surface area (Å²) in [5, 5.41) is 3.99. The van der Waals surface area contributed by atoms with Crippen LogP contribution in [0.5, 0.6) is 0 Å². The van der Waals surface area contributed by atoms with Gasteiger partial charge in [-0.1, -0.05) is 5.16 Å². The third kappa shape index (κ3) is 3.26. The number of hydrogen-bond donors (Lipinski definition) is 1. The van der Waals surface area contributed by atoms with Gasteiger partial charge in [-0.15, -0.1) is 0 Å². The van der Waals surface area contributed by atoms with Gasteiger partial charge in [-0.25, -0.2) is 17.2 Å². The summed E-state index contributed by atoms with van der Waals surface area (Å²) in [6.07, 6.45) is 3.59. The van der Waals surface area contributed by atoms with Crippen LogP contribution in [0.1, 0.15) is 49.7 Å². The van der Waals surface area contributed by atoms with E-state index in [-0.39, 0.29) is 19.0 Å².